The molecule has 2 fully saturated rings. The van der Waals surface area contributed by atoms with Crippen molar-refractivity contribution in [3.63, 3.8) is 0 Å². The number of likely N-dealkylation sites (N-methyl/N-ethyl adjacent to an activating group) is 1. The molecule has 0 spiro atoms. The maximum absolute atomic E-state index is 12.0. The van der Waals surface area contributed by atoms with Crippen molar-refractivity contribution in [2.75, 3.05) is 20.4 Å². The minimum Gasteiger partial charge on any atom is -0.444 e. The SMILES string of the molecule is CC1CCC1.CCCC(C)(C)OC(=O)NC(C(C)=O)C1CCCCC1.CCCCC(C)C(=O)NC(C)C(=O)C(=O)NCC(C)=O.CNC(=O)C(C)c1ccccc1.OCO. The van der Waals surface area contributed by atoms with Crippen molar-refractivity contribution >= 4 is 41.2 Å². The van der Waals surface area contributed by atoms with Gasteiger partial charge in [-0.2, -0.15) is 0 Å². The second kappa shape index (κ2) is 33.5. The molecule has 1 aromatic rings. The third kappa shape index (κ3) is 27.6. The Kier molecular flexibility index (Phi) is 32.4. The predicted molar refractivity (Wildman–Crippen MR) is 236 cm³/mol. The molecule has 2 saturated carbocycles. The molecule has 0 aliphatic heterocycles. The summed E-state index contributed by atoms with van der Waals surface area (Å²) in [5.74, 6) is -0.908. The smallest absolute Gasteiger partial charge is 0.408 e. The van der Waals surface area contributed by atoms with E-state index in [1.807, 2.05) is 58.0 Å². The van der Waals surface area contributed by atoms with Crippen LogP contribution in [-0.2, 0) is 33.5 Å². The first-order valence-corrected chi connectivity index (χ1v) is 21.8. The number of carbonyl (C=O) groups is 7. The molecular weight excluding hydrogens is 769 g/mol. The van der Waals surface area contributed by atoms with E-state index >= 15 is 0 Å². The highest BCUT2D eigenvalue weighted by atomic mass is 16.6. The van der Waals surface area contributed by atoms with E-state index in [0.717, 1.165) is 69.3 Å². The lowest BCUT2D eigenvalue weighted by Crippen LogP contribution is -2.47. The van der Waals surface area contributed by atoms with Gasteiger partial charge in [0.2, 0.25) is 17.6 Å². The number of ether oxygens (including phenoxy) is 1. The molecule has 2 aliphatic rings. The molecular formula is C46H80N4O10. The summed E-state index contributed by atoms with van der Waals surface area (Å²) in [6.45, 7) is 17.3. The second-order valence-electron chi connectivity index (χ2n) is 16.5. The molecule has 0 aromatic heterocycles. The summed E-state index contributed by atoms with van der Waals surface area (Å²) in [5.41, 5.74) is 0.573. The molecule has 0 radical (unpaired) electrons. The zero-order valence-corrected chi connectivity index (χ0v) is 38.6. The summed E-state index contributed by atoms with van der Waals surface area (Å²) >= 11 is 0. The van der Waals surface area contributed by atoms with Gasteiger partial charge in [0, 0.05) is 13.0 Å². The second-order valence-corrected chi connectivity index (χ2v) is 16.5. The van der Waals surface area contributed by atoms with Gasteiger partial charge in [0.15, 0.2) is 5.78 Å². The highest BCUT2D eigenvalue weighted by Crippen LogP contribution is 2.27. The molecule has 60 heavy (non-hydrogen) atoms. The molecule has 4 unspecified atom stereocenters. The first kappa shape index (κ1) is 57.9. The Labute approximate surface area is 360 Å². The van der Waals surface area contributed by atoms with E-state index < -0.39 is 36.2 Å². The van der Waals surface area contributed by atoms with Crippen LogP contribution < -0.4 is 21.3 Å². The van der Waals surface area contributed by atoms with E-state index in [4.69, 9.17) is 14.9 Å². The van der Waals surface area contributed by atoms with Crippen molar-refractivity contribution < 1.29 is 48.5 Å². The monoisotopic (exact) mass is 849 g/mol. The van der Waals surface area contributed by atoms with Crippen LogP contribution in [0, 0.1) is 17.8 Å². The van der Waals surface area contributed by atoms with Gasteiger partial charge in [-0.3, -0.25) is 28.8 Å². The number of ketones is 3. The van der Waals surface area contributed by atoms with Crippen molar-refractivity contribution in [2.45, 2.75) is 176 Å². The third-order valence-corrected chi connectivity index (χ3v) is 10.3. The fourth-order valence-corrected chi connectivity index (χ4v) is 6.35. The van der Waals surface area contributed by atoms with Crippen molar-refractivity contribution in [1.29, 1.82) is 0 Å². The van der Waals surface area contributed by atoms with Crippen molar-refractivity contribution in [1.82, 2.24) is 21.3 Å². The van der Waals surface area contributed by atoms with E-state index in [9.17, 15) is 33.6 Å². The topological polar surface area (TPSA) is 217 Å². The van der Waals surface area contributed by atoms with E-state index in [1.54, 1.807) is 20.9 Å². The van der Waals surface area contributed by atoms with E-state index in [2.05, 4.69) is 35.1 Å². The number of aliphatic hydroxyl groups excluding tert-OH is 1. The Hall–Kier alpha value is -4.17. The summed E-state index contributed by atoms with van der Waals surface area (Å²) in [6, 6.07) is 8.46. The molecule has 4 amide bonds. The standard InChI is InChI=1S/C16H29NO3.C14H24N2O4.C10H13NO.C5H10.CH4O2/c1-5-11-16(3,4)20-15(19)17-14(12(2)18)13-9-7-6-8-10-13;1-5-6-7-9(2)13(19)16-11(4)12(18)14(20)15-8-10(3)17;1-8(10(12)11-2)9-6-4-3-5-7-9;1-5-3-2-4-5;2-1-3/h13-14H,5-11H2,1-4H3,(H,17,19);9,11H,5-8H2,1-4H3,(H,15,20)(H,16,19);3-8H,1-2H3,(H,11,12);5H,2-4H2,1H3;2-3H,1H2. The number of alkyl carbamates (subject to hydrolysis) is 1. The summed E-state index contributed by atoms with van der Waals surface area (Å²) in [4.78, 5) is 80.7. The van der Waals surface area contributed by atoms with Gasteiger partial charge in [0.05, 0.1) is 24.5 Å². The molecule has 4 atom stereocenters. The number of carbonyl (C=O) groups excluding carboxylic acids is 7. The molecule has 14 nitrogen and oxygen atoms in total. The minimum atomic E-state index is -0.890. The van der Waals surface area contributed by atoms with E-state index in [1.165, 1.54) is 39.5 Å². The molecule has 0 heterocycles. The average molecular weight is 849 g/mol. The van der Waals surface area contributed by atoms with Crippen molar-refractivity contribution in [2.24, 2.45) is 17.8 Å². The first-order chi connectivity index (χ1) is 28.2. The van der Waals surface area contributed by atoms with Gasteiger partial charge in [-0.25, -0.2) is 4.79 Å². The lowest BCUT2D eigenvalue weighted by Gasteiger charge is -2.31. The number of rotatable bonds is 17. The van der Waals surface area contributed by atoms with Crippen LogP contribution >= 0.6 is 0 Å². The fourth-order valence-electron chi connectivity index (χ4n) is 6.35. The maximum Gasteiger partial charge on any atom is 0.408 e. The Bertz CT molecular complexity index is 1390. The lowest BCUT2D eigenvalue weighted by molar-refractivity contribution is -0.140. The van der Waals surface area contributed by atoms with Gasteiger partial charge >= 0.3 is 6.09 Å². The summed E-state index contributed by atoms with van der Waals surface area (Å²) in [6.07, 6.45) is 14.0. The van der Waals surface area contributed by atoms with Crippen LogP contribution in [-0.4, -0.2) is 89.4 Å². The molecule has 3 rings (SSSR count). The lowest BCUT2D eigenvalue weighted by atomic mass is 9.82. The largest absolute Gasteiger partial charge is 0.444 e. The van der Waals surface area contributed by atoms with Gasteiger partial charge in [0.25, 0.3) is 5.91 Å². The van der Waals surface area contributed by atoms with Gasteiger partial charge in [-0.05, 0) is 84.6 Å². The van der Waals surface area contributed by atoms with E-state index in [-0.39, 0.29) is 53.7 Å². The molecule has 6 N–H and O–H groups in total. The van der Waals surface area contributed by atoms with Gasteiger partial charge in [0.1, 0.15) is 18.2 Å². The number of hydrogen-bond donors (Lipinski definition) is 6. The molecule has 0 bridgehead atoms. The van der Waals surface area contributed by atoms with Gasteiger partial charge in [-0.15, -0.1) is 0 Å². The number of amides is 4. The number of aliphatic hydroxyl groups is 2. The summed E-state index contributed by atoms with van der Waals surface area (Å²) < 4.78 is 5.45. The van der Waals surface area contributed by atoms with Crippen molar-refractivity contribution in [3.05, 3.63) is 35.9 Å². The maximum atomic E-state index is 12.0. The highest BCUT2D eigenvalue weighted by Gasteiger charge is 2.31. The van der Waals surface area contributed by atoms with Gasteiger partial charge < -0.3 is 36.2 Å². The number of Topliss-reactive ketones (excluding diaryl/α,β-unsaturated/α-hetero) is 3. The van der Waals surface area contributed by atoms with Crippen LogP contribution in [0.3, 0.4) is 0 Å². The molecule has 1 aromatic carbocycles. The fraction of sp³-hybridized carbons (Fsp3) is 0.717. The van der Waals surface area contributed by atoms with Crippen LogP contribution in [0.15, 0.2) is 30.3 Å². The Balaban J connectivity index is 0. The minimum absolute atomic E-state index is 0.0298. The molecule has 0 saturated heterocycles. The highest BCUT2D eigenvalue weighted by molar-refractivity contribution is 6.38. The van der Waals surface area contributed by atoms with Crippen molar-refractivity contribution in [3.8, 4) is 0 Å². The zero-order valence-electron chi connectivity index (χ0n) is 38.6. The Morgan fingerprint density at radius 2 is 1.37 bits per heavy atom. The van der Waals surface area contributed by atoms with Crippen LogP contribution in [0.1, 0.15) is 164 Å². The zero-order chi connectivity index (χ0) is 46.3. The number of nitrogens with one attached hydrogen (secondary N) is 4. The summed E-state index contributed by atoms with van der Waals surface area (Å²) in [5, 5.41) is 24.4. The Morgan fingerprint density at radius 3 is 1.80 bits per heavy atom. The van der Waals surface area contributed by atoms with E-state index in [0.29, 0.717) is 0 Å². The average Bonchev–Trinajstić information content (AvgIpc) is 3.20. The molecule has 2 aliphatic carbocycles. The molecule has 14 heteroatoms. The third-order valence-electron chi connectivity index (χ3n) is 10.3. The number of benzene rings is 1. The predicted octanol–water partition coefficient (Wildman–Crippen LogP) is 6.69. The van der Waals surface area contributed by atoms with Crippen LogP contribution in [0.5, 0.6) is 0 Å². The van der Waals surface area contributed by atoms with Gasteiger partial charge in [-0.1, -0.05) is 116 Å². The quantitative estimate of drug-likeness (QED) is 0.0721. The normalized spacial score (nSPS) is 15.4. The Morgan fingerprint density at radius 1 is 0.817 bits per heavy atom. The summed E-state index contributed by atoms with van der Waals surface area (Å²) in [7, 11) is 1.65. The van der Waals surface area contributed by atoms with Crippen LogP contribution in [0.4, 0.5) is 4.79 Å². The first-order valence-electron chi connectivity index (χ1n) is 21.8. The molecule has 344 valence electrons. The van der Waals surface area contributed by atoms with Crippen LogP contribution in [0.25, 0.3) is 0 Å². The van der Waals surface area contributed by atoms with Crippen LogP contribution in [0.2, 0.25) is 0 Å². The number of unbranched alkanes of at least 4 members (excludes halogenated alkanes) is 1. The number of hydrogen-bond acceptors (Lipinski definition) is 10.